The lowest BCUT2D eigenvalue weighted by atomic mass is 9.77. The number of alkyl carbamates (subject to hydrolysis) is 1. The third-order valence-corrected chi connectivity index (χ3v) is 17.3. The molecule has 410 valence electrons. The van der Waals surface area contributed by atoms with Crippen molar-refractivity contribution in [1.82, 2.24) is 15.1 Å². The number of imide groups is 2. The maximum absolute atomic E-state index is 13.5. The molecule has 4 bridgehead atoms. The van der Waals surface area contributed by atoms with Crippen molar-refractivity contribution in [1.29, 1.82) is 0 Å². The van der Waals surface area contributed by atoms with E-state index >= 15 is 0 Å². The van der Waals surface area contributed by atoms with Gasteiger partial charge in [0.05, 0.1) is 55.0 Å². The van der Waals surface area contributed by atoms with Crippen molar-refractivity contribution in [2.24, 2.45) is 29.4 Å². The summed E-state index contributed by atoms with van der Waals surface area (Å²) >= 11 is 1.55. The fourth-order valence-electron chi connectivity index (χ4n) is 11.6. The molecule has 0 spiro atoms. The largest absolute Gasteiger partial charge is 0.454 e. The van der Waals surface area contributed by atoms with E-state index in [0.29, 0.717) is 6.42 Å². The number of carbonyl (C=O) groups is 9. The van der Waals surface area contributed by atoms with Crippen LogP contribution >= 0.6 is 23.5 Å². The van der Waals surface area contributed by atoms with E-state index in [1.54, 1.807) is 38.2 Å². The van der Waals surface area contributed by atoms with E-state index in [0.717, 1.165) is 56.9 Å². The summed E-state index contributed by atoms with van der Waals surface area (Å²) in [5, 5.41) is 1.32. The molecule has 3 N–H and O–H groups in total. The van der Waals surface area contributed by atoms with Crippen LogP contribution < -0.4 is 11.1 Å². The topological polar surface area (TPSA) is 244 Å². The van der Waals surface area contributed by atoms with Crippen molar-refractivity contribution in [3.8, 4) is 11.1 Å². The van der Waals surface area contributed by atoms with Crippen LogP contribution in [0.4, 0.5) is 14.4 Å². The molecule has 4 aromatic rings. The maximum atomic E-state index is 13.5. The lowest BCUT2D eigenvalue weighted by Crippen LogP contribution is -2.44. The van der Waals surface area contributed by atoms with Gasteiger partial charge >= 0.3 is 16.7 Å². The molecule has 0 radical (unpaired) electrons. The zero-order chi connectivity index (χ0) is 55.6. The first kappa shape index (κ1) is 55.1. The standard InChI is InChI=1S/C37H34N2O8S.C22H24N2O6S/c1-2-29(40)28(38-35(43)45-19-27-25-14-8-6-12-23(25)24-13-7-9-15-26(24)27)20-48-36(44)46-21-37-17-16-30(47-37)31-32(37)34(42)39(33(31)41)18-22-10-4-3-5-11-22;1-2-15(25)14(23)11-31-21(28)29-12-22-9-8-16(30-22)17-18(22)20(27)24(19(17)26)10-13-6-4-3-5-7-13/h3-17,27-28,30-32H,2,18-21H2,1H3,(H,38,43);3-9,14,16-18H,2,10-12,23H2,1H3. The van der Waals surface area contributed by atoms with Gasteiger partial charge in [-0.05, 0) is 69.1 Å². The number of thioether (sulfide) groups is 2. The third kappa shape index (κ3) is 10.8. The Morgan fingerprint density at radius 3 is 1.51 bits per heavy atom. The van der Waals surface area contributed by atoms with Gasteiger partial charge in [-0.15, -0.1) is 0 Å². The van der Waals surface area contributed by atoms with Gasteiger partial charge in [0.25, 0.3) is 0 Å². The summed E-state index contributed by atoms with van der Waals surface area (Å²) in [5.74, 6) is -4.53. The highest BCUT2D eigenvalue weighted by Gasteiger charge is 2.69. The van der Waals surface area contributed by atoms with E-state index in [2.05, 4.69) is 5.32 Å². The third-order valence-electron chi connectivity index (χ3n) is 15.6. The Kier molecular flexibility index (Phi) is 16.2. The Hall–Kier alpha value is -7.23. The zero-order valence-electron chi connectivity index (χ0n) is 43.3. The highest BCUT2D eigenvalue weighted by Crippen LogP contribution is 2.54. The van der Waals surface area contributed by atoms with Crippen molar-refractivity contribution < 1.29 is 66.8 Å². The van der Waals surface area contributed by atoms with Crippen LogP contribution in [0.15, 0.2) is 133 Å². The average molecular weight is 1110 g/mol. The van der Waals surface area contributed by atoms with E-state index in [9.17, 15) is 43.2 Å². The molecule has 5 amide bonds. The second kappa shape index (κ2) is 23.2. The smallest absolute Gasteiger partial charge is 0.407 e. The Morgan fingerprint density at radius 1 is 0.595 bits per heavy atom. The number of ketones is 2. The number of carbonyl (C=O) groups excluding carboxylic acids is 9. The summed E-state index contributed by atoms with van der Waals surface area (Å²) in [6, 6.07) is 32.8. The second-order valence-corrected chi connectivity index (χ2v) is 22.2. The summed E-state index contributed by atoms with van der Waals surface area (Å²) in [7, 11) is 0. The molecule has 20 heteroatoms. The van der Waals surface area contributed by atoms with Gasteiger partial charge in [0, 0.05) is 30.3 Å². The van der Waals surface area contributed by atoms with Crippen LogP contribution in [0.5, 0.6) is 0 Å². The molecule has 7 aliphatic rings. The molecule has 4 fully saturated rings. The number of nitrogens with one attached hydrogen (secondary N) is 1. The minimum atomic E-state index is -1.25. The zero-order valence-corrected chi connectivity index (χ0v) is 44.9. The monoisotopic (exact) mass is 1110 g/mol. The maximum Gasteiger partial charge on any atom is 0.407 e. The number of likely N-dealkylation sites (tertiary alicyclic amines) is 2. The van der Waals surface area contributed by atoms with Gasteiger partial charge in [-0.1, -0.05) is 135 Å². The summed E-state index contributed by atoms with van der Waals surface area (Å²) in [6.45, 7) is 3.39. The van der Waals surface area contributed by atoms with E-state index in [1.165, 1.54) is 9.80 Å². The summed E-state index contributed by atoms with van der Waals surface area (Å²) < 4.78 is 28.5. The van der Waals surface area contributed by atoms with Crippen LogP contribution in [0.1, 0.15) is 54.9 Å². The number of benzene rings is 4. The minimum Gasteiger partial charge on any atom is -0.454 e. The molecule has 10 atom stereocenters. The van der Waals surface area contributed by atoms with E-state index in [-0.39, 0.29) is 91.9 Å². The first-order valence-corrected chi connectivity index (χ1v) is 28.2. The summed E-state index contributed by atoms with van der Waals surface area (Å²) in [6.07, 6.45) is 5.54. The molecule has 79 heavy (non-hydrogen) atoms. The van der Waals surface area contributed by atoms with E-state index in [1.807, 2.05) is 109 Å². The van der Waals surface area contributed by atoms with Crippen LogP contribution in [-0.2, 0) is 65.5 Å². The molecule has 10 unspecified atom stereocenters. The molecule has 4 aromatic carbocycles. The number of Topliss-reactive ketones (excluding diaryl/α,β-unsaturated/α-hetero) is 2. The number of fused-ring (bicyclic) bond motifs is 13. The van der Waals surface area contributed by atoms with Crippen molar-refractivity contribution in [2.45, 2.75) is 81.2 Å². The highest BCUT2D eigenvalue weighted by atomic mass is 32.2. The lowest BCUT2D eigenvalue weighted by Gasteiger charge is -2.28. The molecular formula is C59H58N4O14S2. The van der Waals surface area contributed by atoms with Crippen LogP contribution in [0.3, 0.4) is 0 Å². The SMILES string of the molecule is CCC(=O)C(CSC(=O)OCC12C=CC(O1)C1C(=O)N(Cc3ccccc3)C(=O)C12)NC(=O)OCC1c2ccccc2-c2ccccc21.CCC(=O)C(N)CSC(=O)OCC12C=CC(O1)C1C(=O)N(Cc3ccccc3)C(=O)C12. The van der Waals surface area contributed by atoms with Gasteiger partial charge in [-0.25, -0.2) is 14.4 Å². The number of nitrogens with zero attached hydrogens (tertiary/aromatic N) is 2. The molecule has 0 aromatic heterocycles. The van der Waals surface area contributed by atoms with Gasteiger partial charge < -0.3 is 34.7 Å². The lowest BCUT2D eigenvalue weighted by molar-refractivity contribution is -0.147. The minimum absolute atomic E-state index is 0.0731. The number of nitrogens with two attached hydrogens (primary N) is 1. The van der Waals surface area contributed by atoms with Gasteiger partial charge in [0.2, 0.25) is 23.6 Å². The number of rotatable bonds is 19. The molecule has 0 saturated carbocycles. The van der Waals surface area contributed by atoms with Gasteiger partial charge in [-0.3, -0.25) is 38.6 Å². The van der Waals surface area contributed by atoms with Crippen molar-refractivity contribution in [2.75, 3.05) is 31.3 Å². The number of ether oxygens (including phenoxy) is 5. The summed E-state index contributed by atoms with van der Waals surface area (Å²) in [4.78, 5) is 118. The molecule has 6 heterocycles. The first-order valence-electron chi connectivity index (χ1n) is 26.2. The predicted octanol–water partition coefficient (Wildman–Crippen LogP) is 6.92. The molecule has 6 aliphatic heterocycles. The van der Waals surface area contributed by atoms with Gasteiger partial charge in [0.15, 0.2) is 5.78 Å². The highest BCUT2D eigenvalue weighted by molar-refractivity contribution is 8.13. The van der Waals surface area contributed by atoms with Gasteiger partial charge in [0.1, 0.15) is 42.8 Å². The van der Waals surface area contributed by atoms with Crippen molar-refractivity contribution >= 4 is 75.4 Å². The fraction of sp³-hybridized carbons (Fsp3) is 0.373. The Morgan fingerprint density at radius 2 is 1.04 bits per heavy atom. The normalized spacial score (nSPS) is 26.0. The number of amides is 5. The first-order chi connectivity index (χ1) is 38.2. The molecule has 11 rings (SSSR count). The van der Waals surface area contributed by atoms with Gasteiger partial charge in [-0.2, -0.15) is 0 Å². The van der Waals surface area contributed by atoms with Crippen LogP contribution in [0.25, 0.3) is 11.1 Å². The van der Waals surface area contributed by atoms with Crippen molar-refractivity contribution in [3.63, 3.8) is 0 Å². The number of hydrogen-bond acceptors (Lipinski definition) is 17. The average Bonchev–Trinajstić information content (AvgIpc) is 4.21. The summed E-state index contributed by atoms with van der Waals surface area (Å²) in [5.41, 5.74) is 9.38. The van der Waals surface area contributed by atoms with E-state index in [4.69, 9.17) is 29.4 Å². The fourth-order valence-corrected chi connectivity index (χ4v) is 13.0. The van der Waals surface area contributed by atoms with Crippen LogP contribution in [0, 0.1) is 23.7 Å². The van der Waals surface area contributed by atoms with E-state index < -0.39 is 75.9 Å². The quantitative estimate of drug-likeness (QED) is 0.0419. The molecule has 4 saturated heterocycles. The Labute approximate surface area is 464 Å². The Bertz CT molecular complexity index is 3090. The Balaban J connectivity index is 0.000000196. The predicted molar refractivity (Wildman–Crippen MR) is 290 cm³/mol. The molecule has 1 aliphatic carbocycles. The van der Waals surface area contributed by atoms with Crippen LogP contribution in [-0.4, -0.2) is 129 Å². The molecular weight excluding hydrogens is 1050 g/mol. The molecule has 18 nitrogen and oxygen atoms in total. The number of hydrogen-bond donors (Lipinski definition) is 2. The van der Waals surface area contributed by atoms with Crippen molar-refractivity contribution in [3.05, 3.63) is 156 Å². The second-order valence-electron chi connectivity index (χ2n) is 20.3. The van der Waals surface area contributed by atoms with Crippen LogP contribution in [0.2, 0.25) is 0 Å².